The molecule has 0 aromatic carbocycles. The van der Waals surface area contributed by atoms with E-state index in [4.69, 9.17) is 4.74 Å². The molecule has 0 aromatic rings. The van der Waals surface area contributed by atoms with Crippen LogP contribution in [0.4, 0.5) is 0 Å². The predicted molar refractivity (Wildman–Crippen MR) is 68.5 cm³/mol. The zero-order chi connectivity index (χ0) is 12.6. The summed E-state index contributed by atoms with van der Waals surface area (Å²) >= 11 is 0. The standard InChI is InChI=1S/C15H22O2/c1-10(2)14(16)17-15(4)11(3)8-12-6-5-7-13(15)9-12/h8,11,13H,1,5-7,9H2,2-4H3. The zero-order valence-electron chi connectivity index (χ0n) is 11.1. The van der Waals surface area contributed by atoms with E-state index in [-0.39, 0.29) is 11.6 Å². The molecular weight excluding hydrogens is 212 g/mol. The lowest BCUT2D eigenvalue weighted by Crippen LogP contribution is -2.48. The number of rotatable bonds is 2. The quantitative estimate of drug-likeness (QED) is 0.414. The van der Waals surface area contributed by atoms with Crippen molar-refractivity contribution >= 4 is 5.97 Å². The van der Waals surface area contributed by atoms with Gasteiger partial charge in [-0.25, -0.2) is 4.79 Å². The van der Waals surface area contributed by atoms with Crippen LogP contribution in [0.1, 0.15) is 46.5 Å². The third-order valence-electron chi connectivity index (χ3n) is 4.42. The number of hydrogen-bond acceptors (Lipinski definition) is 2. The Kier molecular flexibility index (Phi) is 3.15. The van der Waals surface area contributed by atoms with Crippen LogP contribution in [0.5, 0.6) is 0 Å². The van der Waals surface area contributed by atoms with Crippen LogP contribution >= 0.6 is 0 Å². The van der Waals surface area contributed by atoms with Crippen LogP contribution in [-0.2, 0) is 9.53 Å². The minimum absolute atomic E-state index is 0.248. The normalized spacial score (nSPS) is 36.1. The van der Waals surface area contributed by atoms with Crippen molar-refractivity contribution in [1.29, 1.82) is 0 Å². The summed E-state index contributed by atoms with van der Waals surface area (Å²) in [6, 6.07) is 0. The van der Waals surface area contributed by atoms with Crippen LogP contribution in [0.25, 0.3) is 0 Å². The highest BCUT2D eigenvalue weighted by Crippen LogP contribution is 2.46. The van der Waals surface area contributed by atoms with Gasteiger partial charge in [-0.05, 0) is 39.5 Å². The third kappa shape index (κ3) is 2.18. The molecule has 2 rings (SSSR count). The molecule has 0 amide bonds. The lowest BCUT2D eigenvalue weighted by Gasteiger charge is -2.46. The molecule has 0 N–H and O–H groups in total. The Morgan fingerprint density at radius 2 is 2.29 bits per heavy atom. The Bertz CT molecular complexity index is 380. The molecule has 3 atom stereocenters. The van der Waals surface area contributed by atoms with Crippen LogP contribution < -0.4 is 0 Å². The van der Waals surface area contributed by atoms with Crippen molar-refractivity contribution in [2.75, 3.05) is 0 Å². The Balaban J connectivity index is 2.23. The van der Waals surface area contributed by atoms with E-state index in [2.05, 4.69) is 26.5 Å². The average molecular weight is 234 g/mol. The van der Waals surface area contributed by atoms with Gasteiger partial charge < -0.3 is 4.74 Å². The molecule has 0 aromatic heterocycles. The molecule has 2 heteroatoms. The van der Waals surface area contributed by atoms with E-state index >= 15 is 0 Å². The second kappa shape index (κ2) is 4.32. The first-order valence-electron chi connectivity index (χ1n) is 6.52. The van der Waals surface area contributed by atoms with Crippen molar-refractivity contribution in [3.05, 3.63) is 23.8 Å². The fourth-order valence-corrected chi connectivity index (χ4v) is 3.09. The van der Waals surface area contributed by atoms with Crippen molar-refractivity contribution in [3.63, 3.8) is 0 Å². The first-order valence-corrected chi connectivity index (χ1v) is 6.52. The van der Waals surface area contributed by atoms with Crippen molar-refractivity contribution in [1.82, 2.24) is 0 Å². The van der Waals surface area contributed by atoms with E-state index in [1.165, 1.54) is 19.3 Å². The molecule has 0 radical (unpaired) electrons. The van der Waals surface area contributed by atoms with Gasteiger partial charge in [0.1, 0.15) is 5.60 Å². The summed E-state index contributed by atoms with van der Waals surface area (Å²) in [5.41, 5.74) is 1.70. The Morgan fingerprint density at radius 3 is 2.94 bits per heavy atom. The first kappa shape index (κ1) is 12.4. The molecule has 3 unspecified atom stereocenters. The lowest BCUT2D eigenvalue weighted by atomic mass is 9.65. The minimum atomic E-state index is -0.347. The van der Waals surface area contributed by atoms with Gasteiger partial charge in [-0.1, -0.05) is 25.2 Å². The molecule has 0 spiro atoms. The maximum absolute atomic E-state index is 11.8. The van der Waals surface area contributed by atoms with E-state index < -0.39 is 0 Å². The topological polar surface area (TPSA) is 26.3 Å². The molecule has 1 saturated carbocycles. The van der Waals surface area contributed by atoms with Crippen LogP contribution in [0.15, 0.2) is 23.8 Å². The number of hydrogen-bond donors (Lipinski definition) is 0. The molecule has 2 bridgehead atoms. The summed E-state index contributed by atoms with van der Waals surface area (Å²) < 4.78 is 5.76. The molecule has 0 aliphatic heterocycles. The fourth-order valence-electron chi connectivity index (χ4n) is 3.09. The average Bonchev–Trinajstić information content (AvgIpc) is 2.27. The maximum Gasteiger partial charge on any atom is 0.333 e. The van der Waals surface area contributed by atoms with Gasteiger partial charge >= 0.3 is 5.97 Å². The molecule has 2 aliphatic rings. The molecular formula is C15H22O2. The second-order valence-corrected chi connectivity index (χ2v) is 5.76. The van der Waals surface area contributed by atoms with Gasteiger partial charge in [0.05, 0.1) is 0 Å². The first-order chi connectivity index (χ1) is 7.93. The number of carbonyl (C=O) groups excluding carboxylic acids is 1. The van der Waals surface area contributed by atoms with Crippen molar-refractivity contribution in [2.45, 2.75) is 52.1 Å². The maximum atomic E-state index is 11.8. The number of allylic oxidation sites excluding steroid dienone is 1. The van der Waals surface area contributed by atoms with Gasteiger partial charge in [0.2, 0.25) is 0 Å². The summed E-state index contributed by atoms with van der Waals surface area (Å²) in [6.07, 6.45) is 7.03. The molecule has 1 fully saturated rings. The molecule has 94 valence electrons. The van der Waals surface area contributed by atoms with Gasteiger partial charge in [0.15, 0.2) is 0 Å². The predicted octanol–water partition coefficient (Wildman–Crippen LogP) is 3.63. The largest absolute Gasteiger partial charge is 0.455 e. The fraction of sp³-hybridized carbons (Fsp3) is 0.667. The third-order valence-corrected chi connectivity index (χ3v) is 4.42. The van der Waals surface area contributed by atoms with E-state index in [9.17, 15) is 4.79 Å². The molecule has 2 aliphatic carbocycles. The SMILES string of the molecule is C=C(C)C(=O)OC1(C)C(C)C=C2CCCC1C2. The van der Waals surface area contributed by atoms with E-state index in [0.29, 0.717) is 17.4 Å². The van der Waals surface area contributed by atoms with Crippen LogP contribution in [0.2, 0.25) is 0 Å². The zero-order valence-corrected chi connectivity index (χ0v) is 11.1. The highest BCUT2D eigenvalue weighted by molar-refractivity contribution is 5.87. The van der Waals surface area contributed by atoms with E-state index in [0.717, 1.165) is 6.42 Å². The highest BCUT2D eigenvalue weighted by atomic mass is 16.6. The number of fused-ring (bicyclic) bond motifs is 2. The molecule has 17 heavy (non-hydrogen) atoms. The van der Waals surface area contributed by atoms with E-state index in [1.54, 1.807) is 12.5 Å². The Morgan fingerprint density at radius 1 is 1.59 bits per heavy atom. The van der Waals surface area contributed by atoms with Gasteiger partial charge in [0.25, 0.3) is 0 Å². The molecule has 2 nitrogen and oxygen atoms in total. The van der Waals surface area contributed by atoms with Gasteiger partial charge in [-0.3, -0.25) is 0 Å². The number of ether oxygens (including phenoxy) is 1. The summed E-state index contributed by atoms with van der Waals surface area (Å²) in [6.45, 7) is 9.62. The van der Waals surface area contributed by atoms with Crippen LogP contribution in [0, 0.1) is 11.8 Å². The summed E-state index contributed by atoms with van der Waals surface area (Å²) in [5, 5.41) is 0. The number of carbonyl (C=O) groups is 1. The molecule has 0 heterocycles. The summed E-state index contributed by atoms with van der Waals surface area (Å²) in [5.74, 6) is 0.538. The van der Waals surface area contributed by atoms with Gasteiger partial charge in [-0.15, -0.1) is 0 Å². The highest BCUT2D eigenvalue weighted by Gasteiger charge is 2.46. The van der Waals surface area contributed by atoms with Gasteiger partial charge in [-0.2, -0.15) is 0 Å². The van der Waals surface area contributed by atoms with Crippen molar-refractivity contribution < 1.29 is 9.53 Å². The molecule has 0 saturated heterocycles. The van der Waals surface area contributed by atoms with Crippen LogP contribution in [-0.4, -0.2) is 11.6 Å². The summed E-state index contributed by atoms with van der Waals surface area (Å²) in [4.78, 5) is 11.8. The monoisotopic (exact) mass is 234 g/mol. The van der Waals surface area contributed by atoms with E-state index in [1.807, 2.05) is 0 Å². The lowest BCUT2D eigenvalue weighted by molar-refractivity contribution is -0.166. The minimum Gasteiger partial charge on any atom is -0.455 e. The van der Waals surface area contributed by atoms with Crippen molar-refractivity contribution in [2.24, 2.45) is 11.8 Å². The van der Waals surface area contributed by atoms with Crippen molar-refractivity contribution in [3.8, 4) is 0 Å². The van der Waals surface area contributed by atoms with Crippen LogP contribution in [0.3, 0.4) is 0 Å². The number of esters is 1. The van der Waals surface area contributed by atoms with Gasteiger partial charge in [0, 0.05) is 17.4 Å². The second-order valence-electron chi connectivity index (χ2n) is 5.76. The Hall–Kier alpha value is -1.05. The summed E-state index contributed by atoms with van der Waals surface area (Å²) in [7, 11) is 0. The Labute approximate surface area is 104 Å². The smallest absolute Gasteiger partial charge is 0.333 e.